The van der Waals surface area contributed by atoms with Crippen molar-refractivity contribution in [2.45, 2.75) is 20.8 Å². The first kappa shape index (κ1) is 20.4. The van der Waals surface area contributed by atoms with E-state index in [0.29, 0.717) is 28.2 Å². The van der Waals surface area contributed by atoms with Gasteiger partial charge >= 0.3 is 5.97 Å². The van der Waals surface area contributed by atoms with E-state index in [1.165, 1.54) is 7.11 Å². The number of anilines is 1. The SMILES string of the molecule is COC(=O)c1c(C)[nH]c(C(=O)CN(C)CC(=O)Nc2ccc(C)cc2)c1C. The first-order chi connectivity index (χ1) is 12.7. The lowest BCUT2D eigenvalue weighted by Gasteiger charge is -2.15. The molecule has 7 nitrogen and oxygen atoms in total. The van der Waals surface area contributed by atoms with E-state index in [9.17, 15) is 14.4 Å². The van der Waals surface area contributed by atoms with Gasteiger partial charge in [-0.25, -0.2) is 4.79 Å². The van der Waals surface area contributed by atoms with E-state index < -0.39 is 5.97 Å². The van der Waals surface area contributed by atoms with Crippen LogP contribution in [-0.4, -0.2) is 54.8 Å². The number of ketones is 1. The van der Waals surface area contributed by atoms with Crippen LogP contribution in [0.5, 0.6) is 0 Å². The number of carbonyl (C=O) groups excluding carboxylic acids is 3. The van der Waals surface area contributed by atoms with Crippen LogP contribution < -0.4 is 5.32 Å². The lowest BCUT2D eigenvalue weighted by atomic mass is 10.1. The summed E-state index contributed by atoms with van der Waals surface area (Å²) in [5.74, 6) is -0.883. The summed E-state index contributed by atoms with van der Waals surface area (Å²) >= 11 is 0. The number of rotatable bonds is 7. The number of esters is 1. The maximum absolute atomic E-state index is 12.6. The molecule has 1 aromatic carbocycles. The number of hydrogen-bond acceptors (Lipinski definition) is 5. The first-order valence-electron chi connectivity index (χ1n) is 8.58. The van der Waals surface area contributed by atoms with E-state index in [4.69, 9.17) is 4.74 Å². The molecule has 2 rings (SSSR count). The van der Waals surface area contributed by atoms with Crippen LogP contribution >= 0.6 is 0 Å². The second-order valence-corrected chi connectivity index (χ2v) is 6.63. The highest BCUT2D eigenvalue weighted by molar-refractivity contribution is 6.02. The number of aryl methyl sites for hydroxylation is 2. The summed E-state index contributed by atoms with van der Waals surface area (Å²) < 4.78 is 4.76. The largest absolute Gasteiger partial charge is 0.465 e. The van der Waals surface area contributed by atoms with Crippen molar-refractivity contribution >= 4 is 23.3 Å². The Morgan fingerprint density at radius 1 is 1.07 bits per heavy atom. The number of carbonyl (C=O) groups is 3. The number of hydrogen-bond donors (Lipinski definition) is 2. The number of aromatic amines is 1. The van der Waals surface area contributed by atoms with Crippen LogP contribution in [0.4, 0.5) is 5.69 Å². The third-order valence-electron chi connectivity index (χ3n) is 4.27. The van der Waals surface area contributed by atoms with Crippen LogP contribution in [0.15, 0.2) is 24.3 Å². The van der Waals surface area contributed by atoms with Gasteiger partial charge in [0, 0.05) is 11.4 Å². The molecule has 144 valence electrons. The van der Waals surface area contributed by atoms with Crippen LogP contribution in [0.1, 0.15) is 37.7 Å². The third-order valence-corrected chi connectivity index (χ3v) is 4.27. The Kier molecular flexibility index (Phi) is 6.52. The van der Waals surface area contributed by atoms with Crippen molar-refractivity contribution in [3.05, 3.63) is 52.3 Å². The lowest BCUT2D eigenvalue weighted by molar-refractivity contribution is -0.116. The molecule has 0 bridgehead atoms. The molecule has 0 fully saturated rings. The molecule has 0 atom stereocenters. The predicted molar refractivity (Wildman–Crippen MR) is 103 cm³/mol. The molecule has 0 saturated heterocycles. The summed E-state index contributed by atoms with van der Waals surface area (Å²) in [7, 11) is 3.00. The van der Waals surface area contributed by atoms with Gasteiger partial charge in [-0.1, -0.05) is 17.7 Å². The molecule has 2 N–H and O–H groups in total. The van der Waals surface area contributed by atoms with E-state index in [1.807, 2.05) is 31.2 Å². The maximum Gasteiger partial charge on any atom is 0.339 e. The topological polar surface area (TPSA) is 91.5 Å². The van der Waals surface area contributed by atoms with Crippen molar-refractivity contribution in [1.82, 2.24) is 9.88 Å². The van der Waals surface area contributed by atoms with Crippen molar-refractivity contribution in [2.24, 2.45) is 0 Å². The van der Waals surface area contributed by atoms with Crippen LogP contribution in [-0.2, 0) is 9.53 Å². The van der Waals surface area contributed by atoms with Gasteiger partial charge in [0.05, 0.1) is 31.5 Å². The maximum atomic E-state index is 12.6. The quantitative estimate of drug-likeness (QED) is 0.576. The highest BCUT2D eigenvalue weighted by atomic mass is 16.5. The fraction of sp³-hybridized carbons (Fsp3) is 0.350. The zero-order chi connectivity index (χ0) is 20.1. The molecule has 1 amide bonds. The van der Waals surface area contributed by atoms with Crippen molar-refractivity contribution in [3.8, 4) is 0 Å². The number of nitrogens with one attached hydrogen (secondary N) is 2. The second-order valence-electron chi connectivity index (χ2n) is 6.63. The number of H-pyrrole nitrogens is 1. The Balaban J connectivity index is 1.98. The van der Waals surface area contributed by atoms with E-state index in [0.717, 1.165) is 5.56 Å². The van der Waals surface area contributed by atoms with E-state index in [2.05, 4.69) is 10.3 Å². The molecule has 1 heterocycles. The number of benzene rings is 1. The monoisotopic (exact) mass is 371 g/mol. The zero-order valence-electron chi connectivity index (χ0n) is 16.3. The second kappa shape index (κ2) is 8.64. The molecule has 0 spiro atoms. The van der Waals surface area contributed by atoms with Crippen molar-refractivity contribution in [2.75, 3.05) is 32.6 Å². The Morgan fingerprint density at radius 2 is 1.70 bits per heavy atom. The minimum Gasteiger partial charge on any atom is -0.465 e. The van der Waals surface area contributed by atoms with Gasteiger partial charge in [-0.05, 0) is 45.5 Å². The van der Waals surface area contributed by atoms with Gasteiger partial charge in [-0.2, -0.15) is 0 Å². The molecular formula is C20H25N3O4. The van der Waals surface area contributed by atoms with Crippen LogP contribution in [0.3, 0.4) is 0 Å². The standard InChI is InChI=1S/C20H25N3O4/c1-12-6-8-15(9-7-12)22-17(25)11-23(4)10-16(24)19-13(2)18(14(3)21-19)20(26)27-5/h6-9,21H,10-11H2,1-5H3,(H,22,25). The minimum absolute atomic E-state index is 0.0444. The van der Waals surface area contributed by atoms with Gasteiger partial charge in [0.15, 0.2) is 5.78 Å². The van der Waals surface area contributed by atoms with Crippen LogP contribution in [0.2, 0.25) is 0 Å². The first-order valence-corrected chi connectivity index (χ1v) is 8.58. The van der Waals surface area contributed by atoms with Crippen LogP contribution in [0.25, 0.3) is 0 Å². The Hall–Kier alpha value is -2.93. The van der Waals surface area contributed by atoms with Gasteiger partial charge in [-0.15, -0.1) is 0 Å². The molecule has 27 heavy (non-hydrogen) atoms. The van der Waals surface area contributed by atoms with Crippen molar-refractivity contribution in [3.63, 3.8) is 0 Å². The summed E-state index contributed by atoms with van der Waals surface area (Å²) in [6, 6.07) is 7.49. The summed E-state index contributed by atoms with van der Waals surface area (Å²) in [6.45, 7) is 5.51. The summed E-state index contributed by atoms with van der Waals surface area (Å²) in [5.41, 5.74) is 3.70. The van der Waals surface area contributed by atoms with E-state index >= 15 is 0 Å². The molecule has 7 heteroatoms. The molecule has 1 aromatic heterocycles. The van der Waals surface area contributed by atoms with Crippen molar-refractivity contribution in [1.29, 1.82) is 0 Å². The molecule has 0 unspecified atom stereocenters. The predicted octanol–water partition coefficient (Wildman–Crippen LogP) is 2.48. The highest BCUT2D eigenvalue weighted by Crippen LogP contribution is 2.19. The summed E-state index contributed by atoms with van der Waals surface area (Å²) in [5, 5.41) is 2.80. The molecule has 0 aliphatic carbocycles. The van der Waals surface area contributed by atoms with Gasteiger partial charge in [-0.3, -0.25) is 14.5 Å². The lowest BCUT2D eigenvalue weighted by Crippen LogP contribution is -2.34. The van der Waals surface area contributed by atoms with Gasteiger partial charge in [0.2, 0.25) is 5.91 Å². The Labute approximate surface area is 158 Å². The molecule has 2 aromatic rings. The van der Waals surface area contributed by atoms with Gasteiger partial charge < -0.3 is 15.0 Å². The number of Topliss-reactive ketones (excluding diaryl/α,β-unsaturated/α-hetero) is 1. The average molecular weight is 371 g/mol. The fourth-order valence-corrected chi connectivity index (χ4v) is 2.90. The van der Waals surface area contributed by atoms with Gasteiger partial charge in [0.1, 0.15) is 0 Å². The summed E-state index contributed by atoms with van der Waals surface area (Å²) in [4.78, 5) is 41.1. The van der Waals surface area contributed by atoms with Crippen molar-refractivity contribution < 1.29 is 19.1 Å². The number of ether oxygens (including phenoxy) is 1. The minimum atomic E-state index is -0.480. The van der Waals surface area contributed by atoms with E-state index in [1.54, 1.807) is 25.8 Å². The Bertz CT molecular complexity index is 853. The number of aromatic nitrogens is 1. The van der Waals surface area contributed by atoms with Crippen LogP contribution in [0, 0.1) is 20.8 Å². The molecular weight excluding hydrogens is 346 g/mol. The number of amides is 1. The molecule has 0 aliphatic rings. The third kappa shape index (κ3) is 5.04. The normalized spacial score (nSPS) is 10.7. The number of likely N-dealkylation sites (N-methyl/N-ethyl adjacent to an activating group) is 1. The Morgan fingerprint density at radius 3 is 2.30 bits per heavy atom. The molecule has 0 saturated carbocycles. The fourth-order valence-electron chi connectivity index (χ4n) is 2.90. The van der Waals surface area contributed by atoms with E-state index in [-0.39, 0.29) is 24.8 Å². The number of nitrogens with zero attached hydrogens (tertiary/aromatic N) is 1. The highest BCUT2D eigenvalue weighted by Gasteiger charge is 2.23. The van der Waals surface area contributed by atoms with Gasteiger partial charge in [0.25, 0.3) is 0 Å². The zero-order valence-corrected chi connectivity index (χ0v) is 16.3. The number of methoxy groups -OCH3 is 1. The average Bonchev–Trinajstić information content (AvgIpc) is 2.90. The summed E-state index contributed by atoms with van der Waals surface area (Å²) in [6.07, 6.45) is 0. The molecule has 0 radical (unpaired) electrons. The molecule has 0 aliphatic heterocycles. The smallest absolute Gasteiger partial charge is 0.339 e.